The number of carbonyl (C=O) groups is 1. The summed E-state index contributed by atoms with van der Waals surface area (Å²) < 4.78 is 39.4. The van der Waals surface area contributed by atoms with E-state index in [0.717, 1.165) is 15.4 Å². The van der Waals surface area contributed by atoms with Crippen molar-refractivity contribution in [2.75, 3.05) is 17.5 Å². The van der Waals surface area contributed by atoms with Crippen LogP contribution in [0, 0.1) is 20.8 Å². The fourth-order valence-electron chi connectivity index (χ4n) is 3.54. The molecule has 3 aromatic rings. The van der Waals surface area contributed by atoms with Gasteiger partial charge in [0.1, 0.15) is 0 Å². The Morgan fingerprint density at radius 2 is 1.54 bits per heavy atom. The lowest BCUT2D eigenvalue weighted by molar-refractivity contribution is -0.113. The molecule has 0 aromatic heterocycles. The van der Waals surface area contributed by atoms with Gasteiger partial charge in [0.2, 0.25) is 0 Å². The zero-order valence-corrected chi connectivity index (χ0v) is 21.6. The molecule has 0 fully saturated rings. The Labute approximate surface area is 207 Å². The summed E-state index contributed by atoms with van der Waals surface area (Å²) in [5, 5.41) is 0. The third kappa shape index (κ3) is 5.92. The average Bonchev–Trinajstić information content (AvgIpc) is 2.82. The van der Waals surface area contributed by atoms with Crippen LogP contribution in [-0.4, -0.2) is 27.5 Å². The van der Waals surface area contributed by atoms with Crippen molar-refractivity contribution >= 4 is 27.7 Å². The van der Waals surface area contributed by atoms with Crippen molar-refractivity contribution in [2.24, 2.45) is 0 Å². The van der Waals surface area contributed by atoms with Crippen LogP contribution in [0.3, 0.4) is 0 Å². The quantitative estimate of drug-likeness (QED) is 0.350. The van der Waals surface area contributed by atoms with Crippen molar-refractivity contribution in [3.63, 3.8) is 0 Å². The van der Waals surface area contributed by atoms with Gasteiger partial charge in [0.15, 0.2) is 11.5 Å². The summed E-state index contributed by atoms with van der Waals surface area (Å²) in [4.78, 5) is 13.5. The van der Waals surface area contributed by atoms with E-state index in [9.17, 15) is 13.2 Å². The number of amides is 1. The van der Waals surface area contributed by atoms with Crippen LogP contribution >= 0.6 is 0 Å². The summed E-state index contributed by atoms with van der Waals surface area (Å²) >= 11 is 0. The molecule has 0 radical (unpaired) electrons. The molecule has 0 aliphatic carbocycles. The van der Waals surface area contributed by atoms with Crippen molar-refractivity contribution in [2.45, 2.75) is 39.5 Å². The van der Waals surface area contributed by atoms with E-state index in [1.807, 2.05) is 33.8 Å². The molecule has 184 valence electrons. The number of sulfonamides is 1. The van der Waals surface area contributed by atoms with Crippen molar-refractivity contribution in [1.29, 1.82) is 0 Å². The van der Waals surface area contributed by atoms with Gasteiger partial charge in [0, 0.05) is 6.08 Å². The molecule has 0 saturated heterocycles. The van der Waals surface area contributed by atoms with Crippen LogP contribution in [0.4, 0.5) is 5.69 Å². The first-order chi connectivity index (χ1) is 16.7. The number of benzene rings is 3. The lowest BCUT2D eigenvalue weighted by Gasteiger charge is -2.24. The third-order valence-electron chi connectivity index (χ3n) is 5.54. The van der Waals surface area contributed by atoms with Gasteiger partial charge < -0.3 is 9.47 Å². The van der Waals surface area contributed by atoms with Crippen molar-refractivity contribution in [1.82, 2.24) is 0 Å². The maximum absolute atomic E-state index is 13.7. The molecule has 6 nitrogen and oxygen atoms in total. The normalized spacial score (nSPS) is 11.5. The Morgan fingerprint density at radius 3 is 2.20 bits per heavy atom. The van der Waals surface area contributed by atoms with Crippen LogP contribution < -0.4 is 13.8 Å². The van der Waals surface area contributed by atoms with Gasteiger partial charge in [-0.1, -0.05) is 35.9 Å². The molecule has 0 bridgehead atoms. The number of carbonyl (C=O) groups excluding carboxylic acids is 1. The van der Waals surface area contributed by atoms with E-state index in [0.29, 0.717) is 41.5 Å². The largest absolute Gasteiger partial charge is 0.490 e. The van der Waals surface area contributed by atoms with Crippen LogP contribution in [0.5, 0.6) is 11.5 Å². The second-order valence-corrected chi connectivity index (χ2v) is 9.83. The number of aryl methyl sites for hydroxylation is 2. The van der Waals surface area contributed by atoms with Crippen LogP contribution in [0.25, 0.3) is 6.08 Å². The maximum atomic E-state index is 13.7. The molecule has 0 aliphatic heterocycles. The van der Waals surface area contributed by atoms with E-state index in [4.69, 9.17) is 9.47 Å². The molecule has 0 aliphatic rings. The molecule has 0 saturated carbocycles. The summed E-state index contributed by atoms with van der Waals surface area (Å²) in [5.41, 5.74) is 3.52. The molecule has 3 rings (SSSR count). The molecule has 7 heteroatoms. The summed E-state index contributed by atoms with van der Waals surface area (Å²) in [5.74, 6) is 0.491. The van der Waals surface area contributed by atoms with Crippen molar-refractivity contribution < 1.29 is 22.7 Å². The van der Waals surface area contributed by atoms with Crippen LogP contribution in [0.1, 0.15) is 36.1 Å². The first-order valence-corrected chi connectivity index (χ1v) is 12.9. The van der Waals surface area contributed by atoms with E-state index in [1.54, 1.807) is 55.5 Å². The molecular formula is C28H31NO5S. The number of rotatable bonds is 9. The van der Waals surface area contributed by atoms with Crippen molar-refractivity contribution in [3.05, 3.63) is 89.0 Å². The molecule has 35 heavy (non-hydrogen) atoms. The highest BCUT2D eigenvalue weighted by molar-refractivity contribution is 7.93. The number of nitrogens with zero attached hydrogens (tertiary/aromatic N) is 1. The van der Waals surface area contributed by atoms with Crippen LogP contribution in [0.2, 0.25) is 0 Å². The topological polar surface area (TPSA) is 72.9 Å². The Kier molecular flexibility index (Phi) is 8.35. The molecule has 1 amide bonds. The standard InChI is InChI=1S/C28H31NO5S/c1-6-33-26-17-13-23(19-27(26)34-7-2)14-18-28(30)29(25-10-8-9-21(4)22(25)5)35(31,32)24-15-11-20(3)12-16-24/h8-19H,6-7H2,1-5H3/b18-14+. The predicted molar refractivity (Wildman–Crippen MR) is 140 cm³/mol. The molecular weight excluding hydrogens is 462 g/mol. The van der Waals surface area contributed by atoms with Gasteiger partial charge in [-0.05, 0) is 87.7 Å². The second-order valence-electron chi connectivity index (χ2n) is 8.05. The minimum atomic E-state index is -4.16. The van der Waals surface area contributed by atoms with Gasteiger partial charge in [-0.2, -0.15) is 4.31 Å². The highest BCUT2D eigenvalue weighted by Gasteiger charge is 2.31. The van der Waals surface area contributed by atoms with E-state index in [1.165, 1.54) is 18.2 Å². The molecule has 3 aromatic carbocycles. The first kappa shape index (κ1) is 26.0. The molecule has 0 unspecified atom stereocenters. The van der Waals surface area contributed by atoms with E-state index >= 15 is 0 Å². The Bertz CT molecular complexity index is 1330. The fourth-order valence-corrected chi connectivity index (χ4v) is 4.99. The van der Waals surface area contributed by atoms with Crippen LogP contribution in [-0.2, 0) is 14.8 Å². The molecule has 0 spiro atoms. The number of anilines is 1. The Morgan fingerprint density at radius 1 is 0.886 bits per heavy atom. The monoisotopic (exact) mass is 493 g/mol. The van der Waals surface area contributed by atoms with E-state index in [-0.39, 0.29) is 4.90 Å². The van der Waals surface area contributed by atoms with Crippen molar-refractivity contribution in [3.8, 4) is 11.5 Å². The highest BCUT2D eigenvalue weighted by atomic mass is 32.2. The summed E-state index contributed by atoms with van der Waals surface area (Å²) in [6.45, 7) is 10.3. The average molecular weight is 494 g/mol. The fraction of sp³-hybridized carbons (Fsp3) is 0.250. The Balaban J connectivity index is 2.05. The molecule has 0 heterocycles. The zero-order chi connectivity index (χ0) is 25.6. The summed E-state index contributed by atoms with van der Waals surface area (Å²) in [7, 11) is -4.16. The van der Waals surface area contributed by atoms with Gasteiger partial charge in [0.05, 0.1) is 23.8 Å². The molecule has 0 N–H and O–H groups in total. The maximum Gasteiger partial charge on any atom is 0.271 e. The van der Waals surface area contributed by atoms with Gasteiger partial charge >= 0.3 is 0 Å². The number of hydrogen-bond acceptors (Lipinski definition) is 5. The molecule has 0 atom stereocenters. The summed E-state index contributed by atoms with van der Waals surface area (Å²) in [6, 6.07) is 17.0. The highest BCUT2D eigenvalue weighted by Crippen LogP contribution is 2.31. The smallest absolute Gasteiger partial charge is 0.271 e. The number of ether oxygens (including phenoxy) is 2. The predicted octanol–water partition coefficient (Wildman–Crippen LogP) is 5.84. The van der Waals surface area contributed by atoms with E-state index < -0.39 is 15.9 Å². The Hall–Kier alpha value is -3.58. The number of hydrogen-bond donors (Lipinski definition) is 0. The van der Waals surface area contributed by atoms with Crippen LogP contribution in [0.15, 0.2) is 71.6 Å². The van der Waals surface area contributed by atoms with Gasteiger partial charge in [-0.25, -0.2) is 8.42 Å². The minimum absolute atomic E-state index is 0.0467. The lowest BCUT2D eigenvalue weighted by Crippen LogP contribution is -2.36. The lowest BCUT2D eigenvalue weighted by atomic mass is 10.1. The minimum Gasteiger partial charge on any atom is -0.490 e. The third-order valence-corrected chi connectivity index (χ3v) is 7.27. The van der Waals surface area contributed by atoms with Gasteiger partial charge in [-0.15, -0.1) is 0 Å². The van der Waals surface area contributed by atoms with Gasteiger partial charge in [-0.3, -0.25) is 4.79 Å². The van der Waals surface area contributed by atoms with E-state index in [2.05, 4.69) is 0 Å². The zero-order valence-electron chi connectivity index (χ0n) is 20.7. The first-order valence-electron chi connectivity index (χ1n) is 11.5. The van der Waals surface area contributed by atoms with Gasteiger partial charge in [0.25, 0.3) is 15.9 Å². The SMILES string of the molecule is CCOc1ccc(/C=C/C(=O)N(c2cccc(C)c2C)S(=O)(=O)c2ccc(C)cc2)cc1OCC. The second kappa shape index (κ2) is 11.2. The summed E-state index contributed by atoms with van der Waals surface area (Å²) in [6.07, 6.45) is 2.84.